The molecule has 42 heavy (non-hydrogen) atoms. The van der Waals surface area contributed by atoms with Gasteiger partial charge in [-0.1, -0.05) is 62.2 Å². The van der Waals surface area contributed by atoms with E-state index < -0.39 is 58.1 Å². The molecule has 2 unspecified atom stereocenters. The fourth-order valence-corrected chi connectivity index (χ4v) is 6.80. The van der Waals surface area contributed by atoms with E-state index in [4.69, 9.17) is 23.2 Å². The van der Waals surface area contributed by atoms with E-state index in [2.05, 4.69) is 6.07 Å². The quantitative estimate of drug-likeness (QED) is 0.331. The largest absolute Gasteiger partial charge is 0.506 e. The van der Waals surface area contributed by atoms with Crippen molar-refractivity contribution in [2.24, 2.45) is 5.41 Å². The average molecular weight is 614 g/mol. The molecule has 4 atom stereocenters. The van der Waals surface area contributed by atoms with Crippen molar-refractivity contribution in [3.63, 3.8) is 0 Å². The molecule has 2 aliphatic heterocycles. The van der Waals surface area contributed by atoms with Crippen LogP contribution in [0.3, 0.4) is 0 Å². The van der Waals surface area contributed by atoms with Gasteiger partial charge in [0.15, 0.2) is 0 Å². The van der Waals surface area contributed by atoms with Gasteiger partial charge < -0.3 is 10.2 Å². The highest BCUT2D eigenvalue weighted by Crippen LogP contribution is 2.58. The smallest absolute Gasteiger partial charge is 0.335 e. The Labute approximate surface area is 251 Å². The summed E-state index contributed by atoms with van der Waals surface area (Å²) in [6.07, 6.45) is 0.308. The van der Waals surface area contributed by atoms with Crippen LogP contribution in [-0.4, -0.2) is 45.7 Å². The van der Waals surface area contributed by atoms with E-state index in [0.717, 1.165) is 12.1 Å². The topological polar surface area (TPSA) is 105 Å². The Morgan fingerprint density at radius 3 is 2.45 bits per heavy atom. The van der Waals surface area contributed by atoms with Gasteiger partial charge in [-0.15, -0.1) is 0 Å². The van der Waals surface area contributed by atoms with Gasteiger partial charge in [0.05, 0.1) is 29.0 Å². The van der Waals surface area contributed by atoms with Crippen molar-refractivity contribution in [1.29, 1.82) is 5.26 Å². The molecule has 2 heterocycles. The molecule has 1 amide bonds. The Hall–Kier alpha value is -3.71. The molecule has 11 heteroatoms. The summed E-state index contributed by atoms with van der Waals surface area (Å²) in [6.45, 7) is 5.72. The van der Waals surface area contributed by atoms with Crippen LogP contribution in [0.2, 0.25) is 10.0 Å². The third kappa shape index (κ3) is 4.68. The van der Waals surface area contributed by atoms with Crippen LogP contribution in [0, 0.1) is 28.4 Å². The number of carbonyl (C=O) groups excluding carboxylic acids is 1. The minimum atomic E-state index is -1.75. The number of carbonyl (C=O) groups is 2. The van der Waals surface area contributed by atoms with Crippen LogP contribution in [0.25, 0.3) is 0 Å². The first-order chi connectivity index (χ1) is 19.7. The van der Waals surface area contributed by atoms with Crippen LogP contribution in [0.5, 0.6) is 5.75 Å². The highest BCUT2D eigenvalue weighted by atomic mass is 35.5. The normalized spacial score (nSPS) is 24.1. The molecular formula is C31H27Cl2F2N3O4. The number of hydrogen-bond donors (Lipinski definition) is 2. The Morgan fingerprint density at radius 2 is 1.86 bits per heavy atom. The number of aromatic hydroxyl groups is 1. The molecule has 0 spiro atoms. The van der Waals surface area contributed by atoms with Gasteiger partial charge in [-0.25, -0.2) is 13.6 Å². The molecule has 2 aliphatic rings. The predicted octanol–water partition coefficient (Wildman–Crippen LogP) is 6.71. The number of halogens is 4. The van der Waals surface area contributed by atoms with E-state index in [9.17, 15) is 25.1 Å². The van der Waals surface area contributed by atoms with Crippen LogP contribution >= 0.6 is 23.2 Å². The van der Waals surface area contributed by atoms with E-state index in [1.807, 2.05) is 20.8 Å². The minimum absolute atomic E-state index is 0.0181. The highest BCUT2D eigenvalue weighted by Gasteiger charge is 2.67. The van der Waals surface area contributed by atoms with Gasteiger partial charge in [-0.2, -0.15) is 5.26 Å². The maximum absolute atomic E-state index is 15.9. The number of nitriles is 1. The number of hydrogen-bond acceptors (Lipinski definition) is 5. The SMILES string of the molecule is CC(C)(C)CC1N2CN(c3ccc(C(=O)O)cc3O)C(=O)[C@H]2C(c2cccc(Cl)c2F)[C@@]1(C#N)c1ccc(Cl)cc1F. The Bertz CT molecular complexity index is 1650. The van der Waals surface area contributed by atoms with Crippen molar-refractivity contribution < 1.29 is 28.6 Å². The van der Waals surface area contributed by atoms with Crippen LogP contribution < -0.4 is 4.90 Å². The summed E-state index contributed by atoms with van der Waals surface area (Å²) in [5.74, 6) is -5.06. The molecule has 2 saturated heterocycles. The predicted molar refractivity (Wildman–Crippen MR) is 154 cm³/mol. The van der Waals surface area contributed by atoms with Crippen molar-refractivity contribution in [1.82, 2.24) is 4.90 Å². The number of carboxylic acid groups (broad SMARTS) is 1. The Kier molecular flexibility index (Phi) is 7.46. The number of phenolic OH excluding ortho intramolecular Hbond substituents is 1. The lowest BCUT2D eigenvalue weighted by Gasteiger charge is -2.40. The number of anilines is 1. The van der Waals surface area contributed by atoms with Crippen LogP contribution in [0.4, 0.5) is 14.5 Å². The van der Waals surface area contributed by atoms with Crippen LogP contribution in [-0.2, 0) is 10.2 Å². The molecule has 7 nitrogen and oxygen atoms in total. The summed E-state index contributed by atoms with van der Waals surface area (Å²) in [5, 5.41) is 31.0. The van der Waals surface area contributed by atoms with E-state index in [-0.39, 0.29) is 39.1 Å². The zero-order chi connectivity index (χ0) is 30.7. The molecule has 0 radical (unpaired) electrons. The van der Waals surface area contributed by atoms with Crippen molar-refractivity contribution in [3.05, 3.63) is 93.0 Å². The molecule has 218 valence electrons. The zero-order valence-electron chi connectivity index (χ0n) is 22.9. The lowest BCUT2D eigenvalue weighted by Crippen LogP contribution is -2.48. The molecular weight excluding hydrogens is 587 g/mol. The molecule has 0 aromatic heterocycles. The Balaban J connectivity index is 1.78. The molecule has 2 fully saturated rings. The van der Waals surface area contributed by atoms with Crippen molar-refractivity contribution >= 4 is 40.8 Å². The molecule has 2 N–H and O–H groups in total. The van der Waals surface area contributed by atoms with Crippen molar-refractivity contribution in [3.8, 4) is 11.8 Å². The number of nitrogens with zero attached hydrogens (tertiary/aromatic N) is 3. The van der Waals surface area contributed by atoms with Gasteiger partial charge in [0.25, 0.3) is 0 Å². The number of fused-ring (bicyclic) bond motifs is 1. The fraction of sp³-hybridized carbons (Fsp3) is 0.323. The lowest BCUT2D eigenvalue weighted by molar-refractivity contribution is -0.119. The summed E-state index contributed by atoms with van der Waals surface area (Å²) in [5.41, 5.74) is -2.34. The third-order valence-corrected chi connectivity index (χ3v) is 8.64. The summed E-state index contributed by atoms with van der Waals surface area (Å²) in [4.78, 5) is 28.7. The fourth-order valence-electron chi connectivity index (χ4n) is 6.46. The number of carboxylic acids is 1. The first-order valence-corrected chi connectivity index (χ1v) is 13.9. The second kappa shape index (κ2) is 10.5. The molecule has 0 aliphatic carbocycles. The van der Waals surface area contributed by atoms with Crippen LogP contribution in [0.1, 0.15) is 54.6 Å². The number of rotatable bonds is 5. The van der Waals surface area contributed by atoms with Gasteiger partial charge in [-0.3, -0.25) is 14.6 Å². The second-order valence-electron chi connectivity index (χ2n) is 11.9. The molecule has 5 rings (SSSR count). The van der Waals surface area contributed by atoms with E-state index in [1.165, 1.54) is 47.4 Å². The number of amides is 1. The molecule has 0 bridgehead atoms. The number of phenols is 1. The molecule has 3 aromatic rings. The summed E-state index contributed by atoms with van der Waals surface area (Å²) in [6, 6.07) is 12.3. The van der Waals surface area contributed by atoms with Crippen molar-refractivity contribution in [2.45, 2.75) is 50.6 Å². The first-order valence-electron chi connectivity index (χ1n) is 13.2. The highest BCUT2D eigenvalue weighted by molar-refractivity contribution is 6.31. The van der Waals surface area contributed by atoms with Gasteiger partial charge >= 0.3 is 5.97 Å². The summed E-state index contributed by atoms with van der Waals surface area (Å²) < 4.78 is 31.7. The Morgan fingerprint density at radius 1 is 1.14 bits per heavy atom. The van der Waals surface area contributed by atoms with E-state index in [0.29, 0.717) is 6.42 Å². The lowest BCUT2D eigenvalue weighted by atomic mass is 9.62. The average Bonchev–Trinajstić information content (AvgIpc) is 3.36. The summed E-state index contributed by atoms with van der Waals surface area (Å²) >= 11 is 12.3. The van der Waals surface area contributed by atoms with Gasteiger partial charge in [0.2, 0.25) is 5.91 Å². The standard InChI is InChI=1S/C31H27Cl2F2N3O4/c1-30(2,3)13-24-31(14-36,19-9-8-17(32)12-21(19)34)25(18-5-4-6-20(33)26(18)35)27-28(40)37(15-38(24)27)22-10-7-16(29(41)42)11-23(22)39/h4-12,24-25,27,39H,13,15H2,1-3H3,(H,41,42)/t24?,25?,27-,31+/m1/s1. The second-order valence-corrected chi connectivity index (χ2v) is 12.7. The molecule has 0 saturated carbocycles. The number of benzene rings is 3. The number of aromatic carboxylic acids is 1. The third-order valence-electron chi connectivity index (χ3n) is 8.11. The van der Waals surface area contributed by atoms with E-state index >= 15 is 8.78 Å². The van der Waals surface area contributed by atoms with Gasteiger partial charge in [-0.05, 0) is 53.8 Å². The van der Waals surface area contributed by atoms with Crippen molar-refractivity contribution in [2.75, 3.05) is 11.6 Å². The minimum Gasteiger partial charge on any atom is -0.506 e. The van der Waals surface area contributed by atoms with E-state index in [1.54, 1.807) is 4.90 Å². The van der Waals surface area contributed by atoms with Gasteiger partial charge in [0.1, 0.15) is 28.8 Å². The maximum Gasteiger partial charge on any atom is 0.335 e. The van der Waals surface area contributed by atoms with Crippen LogP contribution in [0.15, 0.2) is 54.6 Å². The summed E-state index contributed by atoms with van der Waals surface area (Å²) in [7, 11) is 0. The first kappa shape index (κ1) is 29.8. The van der Waals surface area contributed by atoms with Gasteiger partial charge in [0, 0.05) is 22.5 Å². The zero-order valence-corrected chi connectivity index (χ0v) is 24.4. The monoisotopic (exact) mass is 613 g/mol. The molecule has 3 aromatic carbocycles. The maximum atomic E-state index is 15.9.